The normalized spacial score (nSPS) is 11.2. The van der Waals surface area contributed by atoms with Gasteiger partial charge in [-0.3, -0.25) is 4.72 Å². The zero-order valence-electron chi connectivity index (χ0n) is 11.8. The summed E-state index contributed by atoms with van der Waals surface area (Å²) in [6.45, 7) is 0. The van der Waals surface area contributed by atoms with E-state index in [9.17, 15) is 8.42 Å². The quantitative estimate of drug-likeness (QED) is 0.622. The number of anilines is 1. The van der Waals surface area contributed by atoms with Crippen molar-refractivity contribution in [2.75, 3.05) is 4.72 Å². The number of rotatable bonds is 5. The summed E-state index contributed by atoms with van der Waals surface area (Å²) in [5.41, 5.74) is 0. The van der Waals surface area contributed by atoms with Gasteiger partial charge in [0.05, 0.1) is 10.5 Å². The van der Waals surface area contributed by atoms with E-state index in [2.05, 4.69) is 30.6 Å². The average molecular weight is 447 g/mol. The van der Waals surface area contributed by atoms with Crippen LogP contribution in [0.15, 0.2) is 57.5 Å². The number of para-hydroxylation sites is 1. The lowest BCUT2D eigenvalue weighted by molar-refractivity contribution is 0.462. The molecule has 1 aromatic carbocycles. The summed E-state index contributed by atoms with van der Waals surface area (Å²) in [6, 6.07) is 11.8. The van der Waals surface area contributed by atoms with Crippen LogP contribution in [0.4, 0.5) is 5.82 Å². The molecule has 0 spiro atoms. The van der Waals surface area contributed by atoms with E-state index in [-0.39, 0.29) is 15.9 Å². The molecule has 2 aromatic heterocycles. The van der Waals surface area contributed by atoms with Crippen LogP contribution in [0.1, 0.15) is 0 Å². The molecule has 0 aliphatic rings. The van der Waals surface area contributed by atoms with E-state index in [1.807, 2.05) is 6.07 Å². The summed E-state index contributed by atoms with van der Waals surface area (Å²) in [6.07, 6.45) is 1.37. The van der Waals surface area contributed by atoms with E-state index in [4.69, 9.17) is 16.3 Å². The largest absolute Gasteiger partial charge is 0.436 e. The third-order valence-corrected chi connectivity index (χ3v) is 6.16. The lowest BCUT2D eigenvalue weighted by atomic mass is 10.3. The molecule has 0 amide bonds. The molecule has 0 saturated heterocycles. The fraction of sp³-hybridized carbons (Fsp3) is 0. The van der Waals surface area contributed by atoms with Gasteiger partial charge in [-0.05, 0) is 40.2 Å². The van der Waals surface area contributed by atoms with Crippen molar-refractivity contribution in [1.29, 1.82) is 0 Å². The van der Waals surface area contributed by atoms with Gasteiger partial charge in [0.1, 0.15) is 14.6 Å². The molecule has 0 unspecified atom stereocenters. The highest BCUT2D eigenvalue weighted by Crippen LogP contribution is 2.31. The van der Waals surface area contributed by atoms with E-state index in [0.29, 0.717) is 14.7 Å². The summed E-state index contributed by atoms with van der Waals surface area (Å²) in [5, 5.41) is 0. The number of benzene rings is 1. The average Bonchev–Trinajstić information content (AvgIpc) is 2.98. The molecule has 0 atom stereocenters. The van der Waals surface area contributed by atoms with Gasteiger partial charge >= 0.3 is 0 Å². The molecular formula is C14H9BrClN3O3S2. The first-order valence-electron chi connectivity index (χ1n) is 6.48. The van der Waals surface area contributed by atoms with Crippen LogP contribution in [0, 0.1) is 0 Å². The van der Waals surface area contributed by atoms with Crippen molar-refractivity contribution in [3.05, 3.63) is 57.6 Å². The Labute approximate surface area is 155 Å². The molecule has 0 fully saturated rings. The van der Waals surface area contributed by atoms with Crippen LogP contribution in [-0.2, 0) is 10.0 Å². The van der Waals surface area contributed by atoms with E-state index < -0.39 is 10.0 Å². The van der Waals surface area contributed by atoms with Gasteiger partial charge in [-0.25, -0.2) is 18.4 Å². The fourth-order valence-corrected chi connectivity index (χ4v) is 4.47. The summed E-state index contributed by atoms with van der Waals surface area (Å²) in [5.74, 6) is 0.512. The van der Waals surface area contributed by atoms with Crippen LogP contribution in [0.25, 0.3) is 0 Å². The van der Waals surface area contributed by atoms with Crippen molar-refractivity contribution in [2.45, 2.75) is 4.21 Å². The molecule has 6 nitrogen and oxygen atoms in total. The maximum Gasteiger partial charge on any atom is 0.272 e. The Kier molecular flexibility index (Phi) is 5.04. The number of hydrogen-bond donors (Lipinski definition) is 1. The molecule has 3 rings (SSSR count). The standard InChI is InChI=1S/C14H9BrClN3O3S2/c15-10-8-17-13(14(18-10)22-9-4-2-1-3-5-9)19-24(20,21)12-7-6-11(16)23-12/h1-8H,(H,17,19). The number of thiophene rings is 1. The Morgan fingerprint density at radius 3 is 2.58 bits per heavy atom. The fourth-order valence-electron chi connectivity index (χ4n) is 1.71. The van der Waals surface area contributed by atoms with Crippen molar-refractivity contribution in [2.24, 2.45) is 0 Å². The van der Waals surface area contributed by atoms with E-state index >= 15 is 0 Å². The minimum atomic E-state index is -3.83. The number of aromatic nitrogens is 2. The predicted octanol–water partition coefficient (Wildman–Crippen LogP) is 4.55. The summed E-state index contributed by atoms with van der Waals surface area (Å²) < 4.78 is 33.7. The third kappa shape index (κ3) is 4.04. The maximum absolute atomic E-state index is 12.4. The van der Waals surface area contributed by atoms with Gasteiger partial charge in [0.25, 0.3) is 15.9 Å². The minimum absolute atomic E-state index is 0.0217. The second-order valence-electron chi connectivity index (χ2n) is 4.43. The summed E-state index contributed by atoms with van der Waals surface area (Å²) in [7, 11) is -3.83. The Morgan fingerprint density at radius 1 is 1.17 bits per heavy atom. The Morgan fingerprint density at radius 2 is 1.92 bits per heavy atom. The molecule has 1 N–H and O–H groups in total. The number of nitrogens with one attached hydrogen (secondary N) is 1. The predicted molar refractivity (Wildman–Crippen MR) is 96.4 cm³/mol. The van der Waals surface area contributed by atoms with Gasteiger partial charge < -0.3 is 4.74 Å². The number of ether oxygens (including phenoxy) is 1. The van der Waals surface area contributed by atoms with Crippen molar-refractivity contribution in [3.63, 3.8) is 0 Å². The third-order valence-electron chi connectivity index (χ3n) is 2.71. The zero-order valence-corrected chi connectivity index (χ0v) is 15.8. The number of sulfonamides is 1. The van der Waals surface area contributed by atoms with Crippen molar-refractivity contribution in [1.82, 2.24) is 9.97 Å². The molecule has 124 valence electrons. The second kappa shape index (κ2) is 7.06. The van der Waals surface area contributed by atoms with Crippen molar-refractivity contribution < 1.29 is 13.2 Å². The lowest BCUT2D eigenvalue weighted by Crippen LogP contribution is -2.14. The SMILES string of the molecule is O=S(=O)(Nc1ncc(Br)nc1Oc1ccccc1)c1ccc(Cl)s1. The molecule has 24 heavy (non-hydrogen) atoms. The first-order chi connectivity index (χ1) is 11.4. The number of halogens is 2. The van der Waals surface area contributed by atoms with Crippen molar-refractivity contribution in [3.8, 4) is 11.6 Å². The highest BCUT2D eigenvalue weighted by Gasteiger charge is 2.21. The van der Waals surface area contributed by atoms with Crippen molar-refractivity contribution >= 4 is 54.7 Å². The first-order valence-corrected chi connectivity index (χ1v) is 9.95. The molecule has 0 saturated carbocycles. The highest BCUT2D eigenvalue weighted by atomic mass is 79.9. The Bertz CT molecular complexity index is 964. The smallest absolute Gasteiger partial charge is 0.272 e. The van der Waals surface area contributed by atoms with Crippen LogP contribution in [0.2, 0.25) is 4.34 Å². The van der Waals surface area contributed by atoms with E-state index in [1.54, 1.807) is 24.3 Å². The van der Waals surface area contributed by atoms with Gasteiger partial charge in [0.15, 0.2) is 0 Å². The van der Waals surface area contributed by atoms with Gasteiger partial charge in [-0.1, -0.05) is 29.8 Å². The van der Waals surface area contributed by atoms with Gasteiger partial charge in [-0.2, -0.15) is 0 Å². The molecule has 10 heteroatoms. The summed E-state index contributed by atoms with van der Waals surface area (Å²) >= 11 is 9.93. The monoisotopic (exact) mass is 445 g/mol. The Hall–Kier alpha value is -1.68. The van der Waals surface area contributed by atoms with Crippen LogP contribution in [0.5, 0.6) is 11.6 Å². The van der Waals surface area contributed by atoms with E-state index in [0.717, 1.165) is 11.3 Å². The number of nitrogens with zero attached hydrogens (tertiary/aromatic N) is 2. The van der Waals surface area contributed by atoms with Gasteiger partial charge in [0.2, 0.25) is 5.82 Å². The molecular weight excluding hydrogens is 438 g/mol. The lowest BCUT2D eigenvalue weighted by Gasteiger charge is -2.11. The molecule has 0 bridgehead atoms. The topological polar surface area (TPSA) is 81.2 Å². The van der Waals surface area contributed by atoms with Gasteiger partial charge in [0, 0.05) is 0 Å². The second-order valence-corrected chi connectivity index (χ2v) is 8.86. The molecule has 0 radical (unpaired) electrons. The molecule has 2 heterocycles. The van der Waals surface area contributed by atoms with Crippen LogP contribution >= 0.6 is 38.9 Å². The first kappa shape index (κ1) is 17.2. The summed E-state index contributed by atoms with van der Waals surface area (Å²) in [4.78, 5) is 8.17. The zero-order chi connectivity index (χ0) is 17.2. The van der Waals surface area contributed by atoms with Crippen LogP contribution in [-0.4, -0.2) is 18.4 Å². The minimum Gasteiger partial charge on any atom is -0.436 e. The molecule has 0 aliphatic heterocycles. The maximum atomic E-state index is 12.4. The highest BCUT2D eigenvalue weighted by molar-refractivity contribution is 9.10. The number of hydrogen-bond acceptors (Lipinski definition) is 6. The molecule has 3 aromatic rings. The Balaban J connectivity index is 1.93. The van der Waals surface area contributed by atoms with Crippen LogP contribution in [0.3, 0.4) is 0 Å². The van der Waals surface area contributed by atoms with Gasteiger partial charge in [-0.15, -0.1) is 11.3 Å². The van der Waals surface area contributed by atoms with E-state index in [1.165, 1.54) is 18.3 Å². The van der Waals surface area contributed by atoms with Crippen LogP contribution < -0.4 is 9.46 Å². The molecule has 0 aliphatic carbocycles.